The number of aryl methyl sites for hydroxylation is 2. The van der Waals surface area contributed by atoms with Crippen LogP contribution in [0.1, 0.15) is 19.2 Å². The molecule has 0 aliphatic carbocycles. The number of H-pyrrole nitrogens is 1. The van der Waals surface area contributed by atoms with Gasteiger partial charge in [-0.3, -0.25) is 9.78 Å². The van der Waals surface area contributed by atoms with E-state index in [4.69, 9.17) is 0 Å². The summed E-state index contributed by atoms with van der Waals surface area (Å²) >= 11 is 0. The van der Waals surface area contributed by atoms with E-state index >= 15 is 0 Å². The van der Waals surface area contributed by atoms with Gasteiger partial charge in [-0.2, -0.15) is 10.2 Å². The minimum atomic E-state index is 0.724. The van der Waals surface area contributed by atoms with Crippen molar-refractivity contribution in [2.24, 2.45) is 7.05 Å². The van der Waals surface area contributed by atoms with Crippen LogP contribution in [-0.2, 0) is 13.5 Å². The van der Waals surface area contributed by atoms with Crippen molar-refractivity contribution in [1.82, 2.24) is 25.0 Å². The zero-order valence-electron chi connectivity index (χ0n) is 8.36. The van der Waals surface area contributed by atoms with Crippen LogP contribution < -0.4 is 0 Å². The minimum absolute atomic E-state index is 0.724. The van der Waals surface area contributed by atoms with Gasteiger partial charge in [-0.1, -0.05) is 6.92 Å². The molecule has 0 amide bonds. The first kappa shape index (κ1) is 8.93. The molecule has 0 aromatic carbocycles. The van der Waals surface area contributed by atoms with Gasteiger partial charge in [0.05, 0.1) is 11.8 Å². The molecule has 5 nitrogen and oxygen atoms in total. The zero-order valence-corrected chi connectivity index (χ0v) is 8.36. The lowest BCUT2D eigenvalue weighted by molar-refractivity contribution is 0.768. The average molecular weight is 191 g/mol. The van der Waals surface area contributed by atoms with Crippen molar-refractivity contribution < 1.29 is 0 Å². The lowest BCUT2D eigenvalue weighted by Crippen LogP contribution is -1.85. The number of aromatic amines is 1. The first-order valence-electron chi connectivity index (χ1n) is 4.70. The summed E-state index contributed by atoms with van der Waals surface area (Å²) in [6.45, 7) is 2.12. The molecule has 0 fully saturated rings. The second-order valence-electron chi connectivity index (χ2n) is 3.26. The molecule has 5 heteroatoms. The Morgan fingerprint density at radius 3 is 3.00 bits per heavy atom. The van der Waals surface area contributed by atoms with Gasteiger partial charge in [0.25, 0.3) is 0 Å². The van der Waals surface area contributed by atoms with Crippen molar-refractivity contribution in [3.05, 3.63) is 18.2 Å². The Hall–Kier alpha value is -1.65. The maximum atomic E-state index is 4.36. The molecule has 1 N–H and O–H groups in total. The molecule has 14 heavy (non-hydrogen) atoms. The number of aromatic nitrogens is 5. The molecule has 0 bridgehead atoms. The van der Waals surface area contributed by atoms with Crippen LogP contribution in [0.15, 0.2) is 12.4 Å². The SMILES string of the molecule is CCCc1nc(-c2cnn(C)c2)n[nH]1. The highest BCUT2D eigenvalue weighted by molar-refractivity contribution is 5.51. The Kier molecular flexibility index (Phi) is 2.30. The number of hydrogen-bond donors (Lipinski definition) is 1. The van der Waals surface area contributed by atoms with Crippen molar-refractivity contribution in [3.63, 3.8) is 0 Å². The normalized spacial score (nSPS) is 10.7. The standard InChI is InChI=1S/C9H13N5/c1-3-4-8-11-9(13-12-8)7-5-10-14(2)6-7/h5-6H,3-4H2,1-2H3,(H,11,12,13). The van der Waals surface area contributed by atoms with Crippen LogP contribution in [0.4, 0.5) is 0 Å². The van der Waals surface area contributed by atoms with Gasteiger partial charge in [0.15, 0.2) is 5.82 Å². The average Bonchev–Trinajstić information content (AvgIpc) is 2.74. The summed E-state index contributed by atoms with van der Waals surface area (Å²) in [5.41, 5.74) is 0.950. The molecular weight excluding hydrogens is 178 g/mol. The topological polar surface area (TPSA) is 59.4 Å². The Balaban J connectivity index is 2.24. The van der Waals surface area contributed by atoms with Crippen LogP contribution in [0.25, 0.3) is 11.4 Å². The predicted octanol–water partition coefficient (Wildman–Crippen LogP) is 1.16. The molecule has 0 aliphatic rings. The monoisotopic (exact) mass is 191 g/mol. The van der Waals surface area contributed by atoms with E-state index < -0.39 is 0 Å². The van der Waals surface area contributed by atoms with Crippen LogP contribution in [-0.4, -0.2) is 25.0 Å². The van der Waals surface area contributed by atoms with Gasteiger partial charge in [-0.15, -0.1) is 0 Å². The van der Waals surface area contributed by atoms with Crippen LogP contribution in [0.5, 0.6) is 0 Å². The first-order valence-corrected chi connectivity index (χ1v) is 4.70. The highest BCUT2D eigenvalue weighted by atomic mass is 15.3. The Morgan fingerprint density at radius 1 is 1.50 bits per heavy atom. The second kappa shape index (κ2) is 3.61. The Morgan fingerprint density at radius 2 is 2.36 bits per heavy atom. The summed E-state index contributed by atoms with van der Waals surface area (Å²) in [5, 5.41) is 11.1. The third kappa shape index (κ3) is 1.66. The van der Waals surface area contributed by atoms with Crippen molar-refractivity contribution in [1.29, 1.82) is 0 Å². The maximum absolute atomic E-state index is 4.36. The number of hydrogen-bond acceptors (Lipinski definition) is 3. The fraction of sp³-hybridized carbons (Fsp3) is 0.444. The molecule has 0 saturated carbocycles. The molecular formula is C9H13N5. The van der Waals surface area contributed by atoms with E-state index in [1.165, 1.54) is 0 Å². The summed E-state index contributed by atoms with van der Waals surface area (Å²) in [6.07, 6.45) is 5.67. The highest BCUT2D eigenvalue weighted by Crippen LogP contribution is 2.12. The summed E-state index contributed by atoms with van der Waals surface area (Å²) in [4.78, 5) is 4.36. The summed E-state index contributed by atoms with van der Waals surface area (Å²) in [5.74, 6) is 1.66. The van der Waals surface area contributed by atoms with E-state index in [2.05, 4.69) is 27.2 Å². The maximum Gasteiger partial charge on any atom is 0.184 e. The number of rotatable bonds is 3. The van der Waals surface area contributed by atoms with E-state index in [0.717, 1.165) is 30.1 Å². The molecule has 0 aliphatic heterocycles. The van der Waals surface area contributed by atoms with Crippen molar-refractivity contribution in [2.45, 2.75) is 19.8 Å². The molecule has 0 unspecified atom stereocenters. The van der Waals surface area contributed by atoms with Crippen molar-refractivity contribution in [2.75, 3.05) is 0 Å². The van der Waals surface area contributed by atoms with Crippen LogP contribution in [0.2, 0.25) is 0 Å². The van der Waals surface area contributed by atoms with Gasteiger partial charge >= 0.3 is 0 Å². The summed E-state index contributed by atoms with van der Waals surface area (Å²) in [6, 6.07) is 0. The Bertz CT molecular complexity index is 414. The van der Waals surface area contributed by atoms with Gasteiger partial charge in [0.1, 0.15) is 5.82 Å². The van der Waals surface area contributed by atoms with E-state index in [1.54, 1.807) is 10.9 Å². The van der Waals surface area contributed by atoms with Crippen LogP contribution >= 0.6 is 0 Å². The summed E-state index contributed by atoms with van der Waals surface area (Å²) in [7, 11) is 1.88. The third-order valence-electron chi connectivity index (χ3n) is 1.98. The van der Waals surface area contributed by atoms with Gasteiger partial charge in [0, 0.05) is 19.7 Å². The van der Waals surface area contributed by atoms with E-state index in [0.29, 0.717) is 0 Å². The van der Waals surface area contributed by atoms with Crippen LogP contribution in [0, 0.1) is 0 Å². The van der Waals surface area contributed by atoms with Gasteiger partial charge < -0.3 is 0 Å². The zero-order chi connectivity index (χ0) is 9.97. The van der Waals surface area contributed by atoms with Gasteiger partial charge in [-0.25, -0.2) is 4.98 Å². The fourth-order valence-electron chi connectivity index (χ4n) is 1.31. The van der Waals surface area contributed by atoms with E-state index in [9.17, 15) is 0 Å². The molecule has 0 atom stereocenters. The van der Waals surface area contributed by atoms with E-state index in [1.807, 2.05) is 13.2 Å². The molecule has 2 aromatic rings. The minimum Gasteiger partial charge on any atom is -0.275 e. The van der Waals surface area contributed by atoms with Gasteiger partial charge in [0.2, 0.25) is 0 Å². The predicted molar refractivity (Wildman–Crippen MR) is 52.6 cm³/mol. The van der Waals surface area contributed by atoms with Crippen molar-refractivity contribution in [3.8, 4) is 11.4 Å². The molecule has 74 valence electrons. The lowest BCUT2D eigenvalue weighted by atomic mass is 10.3. The molecule has 2 heterocycles. The number of nitrogens with one attached hydrogen (secondary N) is 1. The molecule has 0 spiro atoms. The number of nitrogens with zero attached hydrogens (tertiary/aromatic N) is 4. The highest BCUT2D eigenvalue weighted by Gasteiger charge is 2.06. The molecule has 2 aromatic heterocycles. The largest absolute Gasteiger partial charge is 0.275 e. The molecule has 0 radical (unpaired) electrons. The van der Waals surface area contributed by atoms with E-state index in [-0.39, 0.29) is 0 Å². The first-order chi connectivity index (χ1) is 6.79. The van der Waals surface area contributed by atoms with Crippen molar-refractivity contribution >= 4 is 0 Å². The lowest BCUT2D eigenvalue weighted by Gasteiger charge is -1.86. The second-order valence-corrected chi connectivity index (χ2v) is 3.26. The van der Waals surface area contributed by atoms with Crippen LogP contribution in [0.3, 0.4) is 0 Å². The molecule has 0 saturated heterocycles. The van der Waals surface area contributed by atoms with Gasteiger partial charge in [-0.05, 0) is 6.42 Å². The summed E-state index contributed by atoms with van der Waals surface area (Å²) < 4.78 is 1.74. The molecule has 2 rings (SSSR count). The third-order valence-corrected chi connectivity index (χ3v) is 1.98. The Labute approximate surface area is 82.2 Å². The quantitative estimate of drug-likeness (QED) is 0.791. The smallest absolute Gasteiger partial charge is 0.184 e. The fourth-order valence-corrected chi connectivity index (χ4v) is 1.31.